The third-order valence-electron chi connectivity index (χ3n) is 2.38. The van der Waals surface area contributed by atoms with Gasteiger partial charge in [-0.1, -0.05) is 0 Å². The van der Waals surface area contributed by atoms with Crippen molar-refractivity contribution < 1.29 is 13.9 Å². The van der Waals surface area contributed by atoms with Gasteiger partial charge in [-0.3, -0.25) is 0 Å². The van der Waals surface area contributed by atoms with Crippen molar-refractivity contribution in [2.24, 2.45) is 11.5 Å². The van der Waals surface area contributed by atoms with Crippen LogP contribution in [0.2, 0.25) is 0 Å². The molecule has 0 radical (unpaired) electrons. The minimum absolute atomic E-state index is 0.351. The molecule has 0 aromatic heterocycles. The first-order valence-corrected chi connectivity index (χ1v) is 5.01. The fourth-order valence-electron chi connectivity index (χ4n) is 1.49. The van der Waals surface area contributed by atoms with Crippen molar-refractivity contribution in [3.05, 3.63) is 23.5 Å². The second-order valence-corrected chi connectivity index (χ2v) is 3.41. The van der Waals surface area contributed by atoms with Crippen LogP contribution in [0.1, 0.15) is 18.0 Å². The van der Waals surface area contributed by atoms with E-state index in [9.17, 15) is 4.39 Å². The topological polar surface area (TPSA) is 70.5 Å². The number of methoxy groups -OCH3 is 2. The molecule has 1 aromatic carbocycles. The lowest BCUT2D eigenvalue weighted by Crippen LogP contribution is -2.16. The van der Waals surface area contributed by atoms with E-state index in [0.29, 0.717) is 30.0 Å². The molecule has 0 saturated carbocycles. The van der Waals surface area contributed by atoms with Crippen LogP contribution in [0.3, 0.4) is 0 Å². The van der Waals surface area contributed by atoms with Crippen molar-refractivity contribution in [2.75, 3.05) is 20.8 Å². The summed E-state index contributed by atoms with van der Waals surface area (Å²) in [6.07, 6.45) is 0.520. The van der Waals surface area contributed by atoms with Crippen LogP contribution in [0, 0.1) is 5.82 Å². The summed E-state index contributed by atoms with van der Waals surface area (Å²) in [4.78, 5) is 0. The average molecular weight is 228 g/mol. The maximum atomic E-state index is 13.7. The van der Waals surface area contributed by atoms with E-state index < -0.39 is 11.9 Å². The lowest BCUT2D eigenvalue weighted by molar-refractivity contribution is 0.351. The second kappa shape index (κ2) is 5.67. The maximum Gasteiger partial charge on any atom is 0.163 e. The predicted molar refractivity (Wildman–Crippen MR) is 60.1 cm³/mol. The van der Waals surface area contributed by atoms with Crippen LogP contribution in [-0.4, -0.2) is 20.8 Å². The Morgan fingerprint density at radius 3 is 2.31 bits per heavy atom. The number of rotatable bonds is 5. The van der Waals surface area contributed by atoms with Gasteiger partial charge in [0.15, 0.2) is 11.5 Å². The molecule has 0 bridgehead atoms. The molecule has 4 nitrogen and oxygen atoms in total. The Bertz CT molecular complexity index is 358. The molecule has 0 fully saturated rings. The van der Waals surface area contributed by atoms with Gasteiger partial charge in [-0.2, -0.15) is 0 Å². The van der Waals surface area contributed by atoms with Crippen molar-refractivity contribution in [2.45, 2.75) is 12.5 Å². The molecule has 1 rings (SSSR count). The Kier molecular flexibility index (Phi) is 4.52. The molecule has 0 aliphatic carbocycles. The summed E-state index contributed by atoms with van der Waals surface area (Å²) in [6, 6.07) is 2.39. The van der Waals surface area contributed by atoms with E-state index in [2.05, 4.69) is 0 Å². The molecule has 0 unspecified atom stereocenters. The van der Waals surface area contributed by atoms with Gasteiger partial charge in [0.25, 0.3) is 0 Å². The quantitative estimate of drug-likeness (QED) is 0.794. The Morgan fingerprint density at radius 1 is 1.25 bits per heavy atom. The SMILES string of the molecule is COc1cc(F)c([C@H](N)CCN)cc1OC. The lowest BCUT2D eigenvalue weighted by Gasteiger charge is -2.15. The summed E-state index contributed by atoms with van der Waals surface area (Å²) in [5.74, 6) is 0.411. The first-order valence-electron chi connectivity index (χ1n) is 5.01. The van der Waals surface area contributed by atoms with E-state index in [0.717, 1.165) is 0 Å². The van der Waals surface area contributed by atoms with E-state index in [4.69, 9.17) is 20.9 Å². The summed E-state index contributed by atoms with van der Waals surface area (Å²) in [5, 5.41) is 0. The minimum Gasteiger partial charge on any atom is -0.493 e. The van der Waals surface area contributed by atoms with Crippen molar-refractivity contribution in [3.8, 4) is 11.5 Å². The summed E-state index contributed by atoms with van der Waals surface area (Å²) in [5.41, 5.74) is 11.6. The number of nitrogens with two attached hydrogens (primary N) is 2. The first-order chi connectivity index (χ1) is 7.63. The molecule has 0 saturated heterocycles. The number of benzene rings is 1. The van der Waals surface area contributed by atoms with Crippen molar-refractivity contribution in [3.63, 3.8) is 0 Å². The van der Waals surface area contributed by atoms with Crippen LogP contribution in [0.25, 0.3) is 0 Å². The number of halogens is 1. The van der Waals surface area contributed by atoms with Gasteiger partial charge in [-0.15, -0.1) is 0 Å². The lowest BCUT2D eigenvalue weighted by atomic mass is 10.0. The molecular weight excluding hydrogens is 211 g/mol. The molecule has 16 heavy (non-hydrogen) atoms. The zero-order valence-corrected chi connectivity index (χ0v) is 9.50. The van der Waals surface area contributed by atoms with Gasteiger partial charge in [0, 0.05) is 17.7 Å². The van der Waals surface area contributed by atoms with Gasteiger partial charge in [0.2, 0.25) is 0 Å². The number of hydrogen-bond donors (Lipinski definition) is 2. The molecule has 0 aliphatic heterocycles. The molecule has 1 aromatic rings. The van der Waals surface area contributed by atoms with Crippen LogP contribution >= 0.6 is 0 Å². The second-order valence-electron chi connectivity index (χ2n) is 3.41. The molecule has 5 heteroatoms. The van der Waals surface area contributed by atoms with Crippen LogP contribution in [0.5, 0.6) is 11.5 Å². The fourth-order valence-corrected chi connectivity index (χ4v) is 1.49. The molecule has 1 atom stereocenters. The monoisotopic (exact) mass is 228 g/mol. The summed E-state index contributed by atoms with van der Waals surface area (Å²) < 4.78 is 23.7. The standard InChI is InChI=1S/C11H17FN2O2/c1-15-10-5-7(9(14)3-4-13)8(12)6-11(10)16-2/h5-6,9H,3-4,13-14H2,1-2H3/t9-/m1/s1. The highest BCUT2D eigenvalue weighted by atomic mass is 19.1. The van der Waals surface area contributed by atoms with Gasteiger partial charge in [0.05, 0.1) is 14.2 Å². The predicted octanol–water partition coefficient (Wildman–Crippen LogP) is 1.19. The third kappa shape index (κ3) is 2.62. The van der Waals surface area contributed by atoms with Gasteiger partial charge < -0.3 is 20.9 Å². The van der Waals surface area contributed by atoms with Crippen LogP contribution in [-0.2, 0) is 0 Å². The number of hydrogen-bond acceptors (Lipinski definition) is 4. The van der Waals surface area contributed by atoms with E-state index in [-0.39, 0.29) is 0 Å². The minimum atomic E-state index is -0.426. The highest BCUT2D eigenvalue weighted by Gasteiger charge is 2.15. The Labute approximate surface area is 94.3 Å². The van der Waals surface area contributed by atoms with Gasteiger partial charge >= 0.3 is 0 Å². The van der Waals surface area contributed by atoms with E-state index in [1.807, 2.05) is 0 Å². The molecule has 4 N–H and O–H groups in total. The molecule has 90 valence electrons. The van der Waals surface area contributed by atoms with Crippen molar-refractivity contribution >= 4 is 0 Å². The summed E-state index contributed by atoms with van der Waals surface area (Å²) >= 11 is 0. The van der Waals surface area contributed by atoms with E-state index in [1.165, 1.54) is 20.3 Å². The number of ether oxygens (including phenoxy) is 2. The first kappa shape index (κ1) is 12.7. The summed E-state index contributed by atoms with van der Waals surface area (Å²) in [7, 11) is 2.95. The summed E-state index contributed by atoms with van der Waals surface area (Å²) in [6.45, 7) is 0.412. The highest BCUT2D eigenvalue weighted by Crippen LogP contribution is 2.32. The molecular formula is C11H17FN2O2. The zero-order valence-electron chi connectivity index (χ0n) is 9.50. The highest BCUT2D eigenvalue weighted by molar-refractivity contribution is 5.44. The third-order valence-corrected chi connectivity index (χ3v) is 2.38. The molecule has 0 spiro atoms. The molecule has 0 heterocycles. The van der Waals surface area contributed by atoms with Crippen LogP contribution in [0.4, 0.5) is 4.39 Å². The average Bonchev–Trinajstić information content (AvgIpc) is 2.28. The smallest absolute Gasteiger partial charge is 0.163 e. The van der Waals surface area contributed by atoms with Crippen molar-refractivity contribution in [1.29, 1.82) is 0 Å². The fraction of sp³-hybridized carbons (Fsp3) is 0.455. The normalized spacial score (nSPS) is 12.3. The Morgan fingerprint density at radius 2 is 1.81 bits per heavy atom. The largest absolute Gasteiger partial charge is 0.493 e. The van der Waals surface area contributed by atoms with Crippen LogP contribution in [0.15, 0.2) is 12.1 Å². The Balaban J connectivity index is 3.10. The van der Waals surface area contributed by atoms with Gasteiger partial charge in [-0.25, -0.2) is 4.39 Å². The van der Waals surface area contributed by atoms with Crippen LogP contribution < -0.4 is 20.9 Å². The zero-order chi connectivity index (χ0) is 12.1. The van der Waals surface area contributed by atoms with Gasteiger partial charge in [-0.05, 0) is 19.0 Å². The molecule has 0 amide bonds. The van der Waals surface area contributed by atoms with Crippen molar-refractivity contribution in [1.82, 2.24) is 0 Å². The van der Waals surface area contributed by atoms with E-state index in [1.54, 1.807) is 6.07 Å². The molecule has 0 aliphatic rings. The maximum absolute atomic E-state index is 13.7. The van der Waals surface area contributed by atoms with E-state index >= 15 is 0 Å². The Hall–Kier alpha value is -1.33. The van der Waals surface area contributed by atoms with Gasteiger partial charge in [0.1, 0.15) is 5.82 Å².